The van der Waals surface area contributed by atoms with Gasteiger partial charge >= 0.3 is 21.1 Å². The maximum Gasteiger partial charge on any atom is 0.488 e. The summed E-state index contributed by atoms with van der Waals surface area (Å²) >= 11 is 0. The summed E-state index contributed by atoms with van der Waals surface area (Å²) in [6.07, 6.45) is -1.56. The molecule has 0 saturated carbocycles. The van der Waals surface area contributed by atoms with Gasteiger partial charge in [0.2, 0.25) is 0 Å². The lowest BCUT2D eigenvalue weighted by Gasteiger charge is -2.29. The molecule has 0 aliphatic carbocycles. The van der Waals surface area contributed by atoms with E-state index in [0.717, 1.165) is 0 Å². The molecule has 4 rings (SSSR count). The molecular weight excluding hydrogens is 364 g/mol. The molecular formula is C13H20BN5O6P+. The van der Waals surface area contributed by atoms with Gasteiger partial charge in [0.05, 0.1) is 0 Å². The van der Waals surface area contributed by atoms with Gasteiger partial charge in [0, 0.05) is 7.11 Å². The van der Waals surface area contributed by atoms with Gasteiger partial charge in [-0.2, -0.15) is 9.05 Å². The average Bonchev–Trinajstić information content (AvgIpc) is 3.12. The van der Waals surface area contributed by atoms with Crippen LogP contribution in [0.2, 0.25) is 0 Å². The zero-order valence-electron chi connectivity index (χ0n) is 14.5. The molecule has 2 fully saturated rings. The van der Waals surface area contributed by atoms with Crippen LogP contribution in [0.15, 0.2) is 11.1 Å². The van der Waals surface area contributed by atoms with E-state index in [9.17, 15) is 9.69 Å². The molecule has 0 amide bonds. The number of nitrogens with one attached hydrogen (secondary N) is 1. The number of rotatable bonds is 2. The third-order valence-electron chi connectivity index (χ3n) is 4.04. The molecule has 4 heterocycles. The largest absolute Gasteiger partial charge is 0.488 e. The molecule has 26 heavy (non-hydrogen) atoms. The van der Waals surface area contributed by atoms with Gasteiger partial charge in [0.1, 0.15) is 30.7 Å². The Morgan fingerprint density at radius 3 is 2.92 bits per heavy atom. The number of nitrogen functional groups attached to an aromatic ring is 1. The van der Waals surface area contributed by atoms with Gasteiger partial charge < -0.3 is 20.2 Å². The van der Waals surface area contributed by atoms with Crippen LogP contribution < -0.4 is 11.4 Å². The van der Waals surface area contributed by atoms with Crippen molar-refractivity contribution in [2.45, 2.75) is 38.4 Å². The maximum atomic E-state index is 12.4. The number of imidazole rings is 1. The van der Waals surface area contributed by atoms with E-state index >= 15 is 0 Å². The lowest BCUT2D eigenvalue weighted by molar-refractivity contribution is -0.0628. The first-order valence-electron chi connectivity index (χ1n) is 8.03. The summed E-state index contributed by atoms with van der Waals surface area (Å²) in [6.45, 7) is 4.02. The van der Waals surface area contributed by atoms with Crippen molar-refractivity contribution >= 4 is 32.4 Å². The Bertz CT molecular complexity index is 844. The van der Waals surface area contributed by atoms with Gasteiger partial charge in [-0.25, -0.2) is 24.2 Å². The Kier molecular flexibility index (Phi) is 5.34. The molecule has 11 nitrogen and oxygen atoms in total. The number of hydrogen-bond acceptors (Lipinski definition) is 9. The third-order valence-corrected chi connectivity index (χ3v) is 5.11. The smallest absolute Gasteiger partial charge is 0.382 e. The molecule has 2 saturated heterocycles. The highest BCUT2D eigenvalue weighted by Gasteiger charge is 2.58. The quantitative estimate of drug-likeness (QED) is 0.477. The number of nitrogens with two attached hydrogens (primary N) is 1. The molecule has 4 N–H and O–H groups in total. The molecule has 13 heteroatoms. The third kappa shape index (κ3) is 3.13. The van der Waals surface area contributed by atoms with E-state index in [1.54, 1.807) is 0 Å². The molecule has 2 aliphatic heterocycles. The summed E-state index contributed by atoms with van der Waals surface area (Å²) in [5, 5.41) is 0. The molecule has 2 aromatic rings. The number of hydrogen-bond donors (Lipinski definition) is 3. The van der Waals surface area contributed by atoms with Crippen molar-refractivity contribution in [3.05, 3.63) is 16.8 Å². The number of ether oxygens (including phenoxy) is 2. The van der Waals surface area contributed by atoms with Crippen molar-refractivity contribution in [3.63, 3.8) is 0 Å². The second-order valence-corrected chi connectivity index (χ2v) is 7.05. The second-order valence-electron chi connectivity index (χ2n) is 5.45. The maximum absolute atomic E-state index is 12.4. The molecule has 2 aliphatic rings. The van der Waals surface area contributed by atoms with Crippen LogP contribution in [0.25, 0.3) is 11.2 Å². The monoisotopic (exact) mass is 384 g/mol. The average molecular weight is 384 g/mol. The molecule has 2 aromatic heterocycles. The van der Waals surface area contributed by atoms with Crippen molar-refractivity contribution in [3.8, 4) is 0 Å². The highest BCUT2D eigenvalue weighted by molar-refractivity contribution is 7.85. The first kappa shape index (κ1) is 19.2. The van der Waals surface area contributed by atoms with Crippen molar-refractivity contribution in [2.24, 2.45) is 0 Å². The second kappa shape index (κ2) is 7.22. The topological polar surface area (TPSA) is 147 Å². The number of methoxy groups -OCH3 is 1. The predicted molar refractivity (Wildman–Crippen MR) is 94.3 cm³/mol. The van der Waals surface area contributed by atoms with Crippen molar-refractivity contribution < 1.29 is 23.4 Å². The van der Waals surface area contributed by atoms with Crippen LogP contribution in [0.3, 0.4) is 0 Å². The molecule has 2 radical (unpaired) electrons. The summed E-state index contributed by atoms with van der Waals surface area (Å²) in [5.41, 5.74) is 5.85. The normalized spacial score (nSPS) is 33.5. The van der Waals surface area contributed by atoms with E-state index in [1.807, 2.05) is 13.8 Å². The van der Waals surface area contributed by atoms with E-state index in [1.165, 1.54) is 18.0 Å². The number of H-pyrrole nitrogens is 1. The van der Waals surface area contributed by atoms with E-state index in [2.05, 4.69) is 15.0 Å². The summed E-state index contributed by atoms with van der Waals surface area (Å²) in [6, 6.07) is 0. The highest BCUT2D eigenvalue weighted by atomic mass is 31.2. The van der Waals surface area contributed by atoms with E-state index in [0.29, 0.717) is 5.52 Å². The highest BCUT2D eigenvalue weighted by Crippen LogP contribution is 2.58. The Morgan fingerprint density at radius 1 is 1.50 bits per heavy atom. The van der Waals surface area contributed by atoms with Crippen molar-refractivity contribution in [1.29, 1.82) is 0 Å². The van der Waals surface area contributed by atoms with E-state index in [-0.39, 0.29) is 18.1 Å². The summed E-state index contributed by atoms with van der Waals surface area (Å²) < 4.78 is 23.0. The van der Waals surface area contributed by atoms with Crippen molar-refractivity contribution in [2.75, 3.05) is 19.5 Å². The molecule has 5 atom stereocenters. The number of nitrogens with zero attached hydrogens (tertiary/aromatic N) is 3. The van der Waals surface area contributed by atoms with Crippen LogP contribution in [0.4, 0.5) is 5.82 Å². The molecule has 2 unspecified atom stereocenters. The standard InChI is InChI=1S/C11H14BN5O6P.C2H6/c1-20-7-6-4(2-21-24(12,19)23-6)22-10(7)17-9-5(16-11(17)18)8(13)14-3-15-9;1-2/h3-4,6-7,10,19H,2H2,1H3,(H,16,18)(H2,13,14,15);1-2H3/q+1;/t4-,6-,7?,10-,24?;/m1./s1. The van der Waals surface area contributed by atoms with Gasteiger partial charge in [-0.3, -0.25) is 0 Å². The Morgan fingerprint density at radius 2 is 2.23 bits per heavy atom. The number of anilines is 1. The van der Waals surface area contributed by atoms with Crippen LogP contribution in [-0.2, 0) is 18.5 Å². The fraction of sp³-hybridized carbons (Fsp3) is 0.615. The van der Waals surface area contributed by atoms with Gasteiger partial charge in [0.25, 0.3) is 0 Å². The first-order valence-corrected chi connectivity index (χ1v) is 9.68. The SMILES string of the molecule is CC.[B][P+]1(O)OC[C@H]2O[C@@H](n3c(=O)[nH]c4c(N)ncnc43)C(OC)[C@@H]2O1. The lowest BCUT2D eigenvalue weighted by Crippen LogP contribution is -2.41. The lowest BCUT2D eigenvalue weighted by atomic mass is 10.1. The Hall–Kier alpha value is -1.56. The van der Waals surface area contributed by atoms with Crippen LogP contribution in [0.5, 0.6) is 0 Å². The van der Waals surface area contributed by atoms with E-state index in [4.69, 9.17) is 31.8 Å². The predicted octanol–water partition coefficient (Wildman–Crippen LogP) is -0.106. The van der Waals surface area contributed by atoms with Gasteiger partial charge in [-0.15, -0.1) is 0 Å². The van der Waals surface area contributed by atoms with E-state index < -0.39 is 38.1 Å². The van der Waals surface area contributed by atoms with Crippen LogP contribution in [-0.4, -0.2) is 64.0 Å². The number of aromatic nitrogens is 4. The van der Waals surface area contributed by atoms with Crippen LogP contribution >= 0.6 is 7.82 Å². The fourth-order valence-electron chi connectivity index (χ4n) is 3.00. The minimum Gasteiger partial charge on any atom is -0.382 e. The molecule has 0 spiro atoms. The zero-order chi connectivity index (χ0) is 19.1. The summed E-state index contributed by atoms with van der Waals surface area (Å²) in [5.74, 6) is 0.141. The molecule has 140 valence electrons. The van der Waals surface area contributed by atoms with Gasteiger partial charge in [0.15, 0.2) is 23.8 Å². The Labute approximate surface area is 150 Å². The molecule has 0 bridgehead atoms. The minimum absolute atomic E-state index is 0.0238. The first-order chi connectivity index (χ1) is 12.4. The summed E-state index contributed by atoms with van der Waals surface area (Å²) in [7, 11) is 3.57. The fourth-order valence-corrected chi connectivity index (χ4v) is 4.03. The molecule has 0 aromatic carbocycles. The minimum atomic E-state index is -3.43. The van der Waals surface area contributed by atoms with Crippen LogP contribution in [0.1, 0.15) is 20.1 Å². The Balaban J connectivity index is 0.000000948. The van der Waals surface area contributed by atoms with Gasteiger partial charge in [-0.05, 0) is 0 Å². The van der Waals surface area contributed by atoms with Gasteiger partial charge in [-0.1, -0.05) is 13.8 Å². The zero-order valence-corrected chi connectivity index (χ0v) is 15.4. The van der Waals surface area contributed by atoms with Crippen LogP contribution in [0, 0.1) is 0 Å². The van der Waals surface area contributed by atoms with Crippen molar-refractivity contribution in [1.82, 2.24) is 19.5 Å². The number of aromatic amines is 1. The summed E-state index contributed by atoms with van der Waals surface area (Å²) in [4.78, 5) is 32.7. The number of fused-ring (bicyclic) bond motifs is 2.